The summed E-state index contributed by atoms with van der Waals surface area (Å²) < 4.78 is 5.11. The van der Waals surface area contributed by atoms with E-state index in [1.165, 1.54) is 0 Å². The maximum absolute atomic E-state index is 8.40. The second-order valence-electron chi connectivity index (χ2n) is 1.89. The van der Waals surface area contributed by atoms with E-state index in [1.54, 1.807) is 0 Å². The number of benzene rings is 1. The van der Waals surface area contributed by atoms with Gasteiger partial charge in [-0.3, -0.25) is 0 Å². The molecule has 0 N–H and O–H groups in total. The molecule has 0 aliphatic rings. The fraction of sp³-hybridized carbons (Fsp3) is 0.250. The number of hydrogen-bond donors (Lipinski definition) is 0. The molecule has 0 amide bonds. The molecule has 0 aromatic heterocycles. The highest BCUT2D eigenvalue weighted by atomic mass is 16.5. The molecule has 0 spiro atoms. The van der Waals surface area contributed by atoms with E-state index in [0.717, 1.165) is 5.75 Å². The number of nitrogens with zero attached hydrogens (tertiary/aromatic N) is 1. The zero-order chi connectivity index (χ0) is 7.23. The minimum atomic E-state index is 0.0644. The molecule has 0 unspecified atom stereocenters. The molecule has 52 valence electrons. The third kappa shape index (κ3) is 2.07. The third-order valence-corrected chi connectivity index (χ3v) is 1.10. The number of hydrogen-bond acceptors (Lipinski definition) is 1. The molecule has 0 saturated carbocycles. The van der Waals surface area contributed by atoms with Crippen molar-refractivity contribution in [1.82, 2.24) is 5.73 Å². The predicted octanol–water partition coefficient (Wildman–Crippen LogP) is 1.13. The van der Waals surface area contributed by atoms with E-state index < -0.39 is 0 Å². The van der Waals surface area contributed by atoms with Crippen molar-refractivity contribution in [2.75, 3.05) is 13.2 Å². The highest BCUT2D eigenvalue weighted by Gasteiger charge is 1.87. The molecular formula is C8H9NO. The van der Waals surface area contributed by atoms with Crippen molar-refractivity contribution in [2.45, 2.75) is 0 Å². The number of ether oxygens (including phenoxy) is 1. The topological polar surface area (TPSA) is 31.5 Å². The largest absolute Gasteiger partial charge is 0.492 e. The first-order valence-corrected chi connectivity index (χ1v) is 3.22. The van der Waals surface area contributed by atoms with E-state index in [1.807, 2.05) is 30.3 Å². The Morgan fingerprint density at radius 2 is 1.90 bits per heavy atom. The molecule has 0 heterocycles. The van der Waals surface area contributed by atoms with Gasteiger partial charge in [0.1, 0.15) is 12.4 Å². The quantitative estimate of drug-likeness (QED) is 0.611. The van der Waals surface area contributed by atoms with Crippen molar-refractivity contribution in [1.29, 1.82) is 0 Å². The highest BCUT2D eigenvalue weighted by Crippen LogP contribution is 2.06. The Morgan fingerprint density at radius 1 is 1.20 bits per heavy atom. The van der Waals surface area contributed by atoms with Gasteiger partial charge in [0.05, 0.1) is 6.54 Å². The van der Waals surface area contributed by atoms with Crippen LogP contribution in [0.3, 0.4) is 0 Å². The molecule has 0 fully saturated rings. The van der Waals surface area contributed by atoms with Gasteiger partial charge in [-0.2, -0.15) is 0 Å². The molecular weight excluding hydrogens is 126 g/mol. The normalized spacial score (nSPS) is 9.30. The van der Waals surface area contributed by atoms with Gasteiger partial charge in [0.15, 0.2) is 0 Å². The summed E-state index contributed by atoms with van der Waals surface area (Å²) in [6, 6.07) is 9.43. The van der Waals surface area contributed by atoms with Gasteiger partial charge >= 0.3 is 0 Å². The monoisotopic (exact) mass is 135 g/mol. The summed E-state index contributed by atoms with van der Waals surface area (Å²) in [4.78, 5) is 0. The van der Waals surface area contributed by atoms with Crippen molar-refractivity contribution in [3.63, 3.8) is 0 Å². The van der Waals surface area contributed by atoms with Crippen LogP contribution in [0.1, 0.15) is 0 Å². The Kier molecular flexibility index (Phi) is 2.77. The average molecular weight is 135 g/mol. The van der Waals surface area contributed by atoms with E-state index in [0.29, 0.717) is 6.61 Å². The summed E-state index contributed by atoms with van der Waals surface area (Å²) in [6.07, 6.45) is 0. The molecule has 2 radical (unpaired) electrons. The van der Waals surface area contributed by atoms with E-state index in [9.17, 15) is 0 Å². The smallest absolute Gasteiger partial charge is 0.119 e. The van der Waals surface area contributed by atoms with E-state index in [-0.39, 0.29) is 6.54 Å². The predicted molar refractivity (Wildman–Crippen MR) is 38.9 cm³/mol. The van der Waals surface area contributed by atoms with Crippen molar-refractivity contribution in [3.8, 4) is 5.75 Å². The second kappa shape index (κ2) is 3.90. The van der Waals surface area contributed by atoms with Crippen LogP contribution in [0.4, 0.5) is 0 Å². The minimum Gasteiger partial charge on any atom is -0.492 e. The van der Waals surface area contributed by atoms with Gasteiger partial charge in [-0.15, -0.1) is 5.73 Å². The molecule has 2 heteroatoms. The van der Waals surface area contributed by atoms with Gasteiger partial charge in [-0.25, -0.2) is 0 Å². The third-order valence-electron chi connectivity index (χ3n) is 1.10. The van der Waals surface area contributed by atoms with Crippen LogP contribution in [0.2, 0.25) is 0 Å². The highest BCUT2D eigenvalue weighted by molar-refractivity contribution is 5.20. The fourth-order valence-electron chi connectivity index (χ4n) is 0.680. The molecule has 1 aromatic rings. The lowest BCUT2D eigenvalue weighted by atomic mass is 10.3. The van der Waals surface area contributed by atoms with Crippen LogP contribution in [0, 0.1) is 0 Å². The molecule has 0 bridgehead atoms. The molecule has 2 nitrogen and oxygen atoms in total. The Balaban J connectivity index is 2.43. The van der Waals surface area contributed by atoms with E-state index in [2.05, 4.69) is 0 Å². The first kappa shape index (κ1) is 7.09. The Morgan fingerprint density at radius 3 is 2.50 bits per heavy atom. The Hall–Kier alpha value is -1.02. The fourth-order valence-corrected chi connectivity index (χ4v) is 0.680. The number of para-hydroxylation sites is 1. The van der Waals surface area contributed by atoms with Gasteiger partial charge < -0.3 is 4.74 Å². The lowest BCUT2D eigenvalue weighted by molar-refractivity contribution is 0.326. The zero-order valence-electron chi connectivity index (χ0n) is 5.66. The van der Waals surface area contributed by atoms with Crippen LogP contribution >= 0.6 is 0 Å². The van der Waals surface area contributed by atoms with Crippen LogP contribution in [-0.4, -0.2) is 13.2 Å². The van der Waals surface area contributed by atoms with Crippen LogP contribution in [-0.2, 0) is 0 Å². The maximum Gasteiger partial charge on any atom is 0.119 e. The van der Waals surface area contributed by atoms with Gasteiger partial charge in [0.2, 0.25) is 0 Å². The molecule has 10 heavy (non-hydrogen) atoms. The summed E-state index contributed by atoms with van der Waals surface area (Å²) in [5.74, 6) is 0.802. The van der Waals surface area contributed by atoms with Gasteiger partial charge in [0, 0.05) is 0 Å². The maximum atomic E-state index is 8.40. The minimum absolute atomic E-state index is 0.0644. The standard InChI is InChI=1S/C8H9NO/c9-6-7-10-8-4-2-1-3-5-8/h1-5H,6-7H2. The zero-order valence-corrected chi connectivity index (χ0v) is 5.66. The SMILES string of the molecule is [N]CCOc1ccccc1. The van der Waals surface area contributed by atoms with Crippen LogP contribution in [0.25, 0.3) is 0 Å². The summed E-state index contributed by atoms with van der Waals surface area (Å²) in [5.41, 5.74) is 8.40. The van der Waals surface area contributed by atoms with Crippen LogP contribution in [0.15, 0.2) is 30.3 Å². The lowest BCUT2D eigenvalue weighted by Crippen LogP contribution is -2.02. The second-order valence-corrected chi connectivity index (χ2v) is 1.89. The lowest BCUT2D eigenvalue weighted by Gasteiger charge is -2.00. The van der Waals surface area contributed by atoms with Gasteiger partial charge in [-0.1, -0.05) is 18.2 Å². The van der Waals surface area contributed by atoms with E-state index in [4.69, 9.17) is 10.5 Å². The molecule has 0 saturated heterocycles. The molecule has 1 aromatic carbocycles. The number of rotatable bonds is 3. The van der Waals surface area contributed by atoms with Crippen molar-refractivity contribution in [3.05, 3.63) is 30.3 Å². The summed E-state index contributed by atoms with van der Waals surface area (Å²) in [5, 5.41) is 0. The summed E-state index contributed by atoms with van der Waals surface area (Å²) in [7, 11) is 0. The van der Waals surface area contributed by atoms with Crippen LogP contribution in [0.5, 0.6) is 5.75 Å². The van der Waals surface area contributed by atoms with Crippen molar-refractivity contribution < 1.29 is 4.74 Å². The molecule has 1 rings (SSSR count). The first-order valence-electron chi connectivity index (χ1n) is 3.22. The van der Waals surface area contributed by atoms with Gasteiger partial charge in [0.25, 0.3) is 0 Å². The molecule has 0 aliphatic carbocycles. The Labute approximate surface area is 60.6 Å². The van der Waals surface area contributed by atoms with Crippen molar-refractivity contribution >= 4 is 0 Å². The van der Waals surface area contributed by atoms with Gasteiger partial charge in [-0.05, 0) is 12.1 Å². The molecule has 0 aliphatic heterocycles. The van der Waals surface area contributed by atoms with E-state index >= 15 is 0 Å². The van der Waals surface area contributed by atoms with Crippen molar-refractivity contribution in [2.24, 2.45) is 0 Å². The Bertz CT molecular complexity index is 174. The summed E-state index contributed by atoms with van der Waals surface area (Å²) in [6.45, 7) is 0.429. The first-order chi connectivity index (χ1) is 4.93. The summed E-state index contributed by atoms with van der Waals surface area (Å²) >= 11 is 0. The molecule has 0 atom stereocenters. The van der Waals surface area contributed by atoms with Crippen LogP contribution < -0.4 is 10.5 Å². The average Bonchev–Trinajstić information content (AvgIpc) is 2.03.